The van der Waals surface area contributed by atoms with Crippen molar-refractivity contribution in [3.8, 4) is 0 Å². The fraction of sp³-hybridized carbons (Fsp3) is 0.526. The second kappa shape index (κ2) is 10.8. The van der Waals surface area contributed by atoms with Crippen LogP contribution in [-0.2, 0) is 14.3 Å². The molecule has 1 atom stereocenters. The first-order valence-electron chi connectivity index (χ1n) is 8.78. The van der Waals surface area contributed by atoms with Gasteiger partial charge < -0.3 is 20.7 Å². The molecular formula is C19H29N3O3S. The lowest BCUT2D eigenvalue weighted by Gasteiger charge is -2.17. The van der Waals surface area contributed by atoms with Gasteiger partial charge in [-0.2, -0.15) is 0 Å². The summed E-state index contributed by atoms with van der Waals surface area (Å²) in [5.74, 6) is -0.740. The van der Waals surface area contributed by atoms with Crippen LogP contribution >= 0.6 is 12.2 Å². The lowest BCUT2D eigenvalue weighted by atomic mass is 10.1. The monoisotopic (exact) mass is 379 g/mol. The van der Waals surface area contributed by atoms with Gasteiger partial charge in [-0.15, -0.1) is 0 Å². The zero-order chi connectivity index (χ0) is 19.7. The summed E-state index contributed by atoms with van der Waals surface area (Å²) in [6, 6.07) is 3.48. The quantitative estimate of drug-likeness (QED) is 0.476. The van der Waals surface area contributed by atoms with E-state index in [1.54, 1.807) is 0 Å². The summed E-state index contributed by atoms with van der Waals surface area (Å²) in [5.41, 5.74) is 4.36. The molecule has 0 spiro atoms. The SMILES string of the molecule is CCCCC(NC(=O)CNC(=S)Nc1cc(C)c(C)cc1C)C(=O)OC. The maximum atomic E-state index is 12.1. The number of benzene rings is 1. The molecule has 1 aromatic carbocycles. The molecule has 3 N–H and O–H groups in total. The largest absolute Gasteiger partial charge is 0.467 e. The van der Waals surface area contributed by atoms with Crippen LogP contribution < -0.4 is 16.0 Å². The highest BCUT2D eigenvalue weighted by molar-refractivity contribution is 7.80. The minimum Gasteiger partial charge on any atom is -0.467 e. The number of aryl methyl sites for hydroxylation is 3. The van der Waals surface area contributed by atoms with Crippen LogP contribution in [-0.4, -0.2) is 36.7 Å². The molecular weight excluding hydrogens is 350 g/mol. The van der Waals surface area contributed by atoms with Gasteiger partial charge in [0.2, 0.25) is 5.91 Å². The van der Waals surface area contributed by atoms with Gasteiger partial charge in [0.05, 0.1) is 13.7 Å². The molecule has 6 nitrogen and oxygen atoms in total. The first kappa shape index (κ1) is 21.9. The number of thiocarbonyl (C=S) groups is 1. The maximum absolute atomic E-state index is 12.1. The Balaban J connectivity index is 2.54. The van der Waals surface area contributed by atoms with Crippen LogP contribution in [0, 0.1) is 20.8 Å². The zero-order valence-electron chi connectivity index (χ0n) is 16.2. The molecule has 0 saturated heterocycles. The molecule has 0 aliphatic carbocycles. The van der Waals surface area contributed by atoms with Gasteiger partial charge in [-0.05, 0) is 62.2 Å². The van der Waals surface area contributed by atoms with E-state index in [4.69, 9.17) is 17.0 Å². The van der Waals surface area contributed by atoms with Crippen LogP contribution in [0.5, 0.6) is 0 Å². The highest BCUT2D eigenvalue weighted by atomic mass is 32.1. The number of amides is 1. The van der Waals surface area contributed by atoms with Gasteiger partial charge in [-0.25, -0.2) is 4.79 Å². The Morgan fingerprint density at radius 1 is 1.15 bits per heavy atom. The van der Waals surface area contributed by atoms with Crippen molar-refractivity contribution >= 4 is 34.9 Å². The molecule has 1 rings (SSSR count). The molecule has 1 unspecified atom stereocenters. The van der Waals surface area contributed by atoms with Crippen LogP contribution in [0.1, 0.15) is 42.9 Å². The molecule has 0 heterocycles. The van der Waals surface area contributed by atoms with Crippen molar-refractivity contribution < 1.29 is 14.3 Å². The van der Waals surface area contributed by atoms with Crippen LogP contribution in [0.25, 0.3) is 0 Å². The third-order valence-corrected chi connectivity index (χ3v) is 4.41. The summed E-state index contributed by atoms with van der Waals surface area (Å²) in [6.45, 7) is 8.10. The van der Waals surface area contributed by atoms with Crippen LogP contribution in [0.2, 0.25) is 0 Å². The molecule has 144 valence electrons. The smallest absolute Gasteiger partial charge is 0.328 e. The maximum Gasteiger partial charge on any atom is 0.328 e. The van der Waals surface area contributed by atoms with E-state index >= 15 is 0 Å². The molecule has 0 bridgehead atoms. The number of rotatable bonds is 8. The molecule has 1 amide bonds. The third-order valence-electron chi connectivity index (χ3n) is 4.17. The van der Waals surface area contributed by atoms with Crippen molar-refractivity contribution in [3.63, 3.8) is 0 Å². The van der Waals surface area contributed by atoms with Crippen molar-refractivity contribution in [2.24, 2.45) is 0 Å². The first-order chi connectivity index (χ1) is 12.3. The Hall–Kier alpha value is -2.15. The van der Waals surface area contributed by atoms with Gasteiger partial charge in [-0.1, -0.05) is 25.8 Å². The van der Waals surface area contributed by atoms with E-state index in [9.17, 15) is 9.59 Å². The number of unbranched alkanes of at least 4 members (excludes halogenated alkanes) is 1. The standard InChI is InChI=1S/C19H29N3O3S/c1-6-7-8-15(18(24)25-5)21-17(23)11-20-19(26)22-16-10-13(3)12(2)9-14(16)4/h9-10,15H,6-8,11H2,1-5H3,(H,21,23)(H2,20,22,26). The van der Waals surface area contributed by atoms with E-state index in [1.807, 2.05) is 26.8 Å². The Morgan fingerprint density at radius 2 is 1.81 bits per heavy atom. The molecule has 0 aliphatic rings. The van der Waals surface area contributed by atoms with Gasteiger partial charge in [0.1, 0.15) is 6.04 Å². The Morgan fingerprint density at radius 3 is 2.42 bits per heavy atom. The number of carbonyl (C=O) groups excluding carboxylic acids is 2. The van der Waals surface area contributed by atoms with Crippen LogP contribution in [0.15, 0.2) is 12.1 Å². The first-order valence-corrected chi connectivity index (χ1v) is 9.19. The highest BCUT2D eigenvalue weighted by Crippen LogP contribution is 2.19. The molecule has 1 aromatic rings. The summed E-state index contributed by atoms with van der Waals surface area (Å²) in [6.07, 6.45) is 2.32. The second-order valence-corrected chi connectivity index (χ2v) is 6.75. The molecule has 26 heavy (non-hydrogen) atoms. The van der Waals surface area contributed by atoms with E-state index in [0.717, 1.165) is 29.7 Å². The molecule has 0 radical (unpaired) electrons. The van der Waals surface area contributed by atoms with Gasteiger partial charge in [0.15, 0.2) is 5.11 Å². The van der Waals surface area contributed by atoms with Gasteiger partial charge in [0, 0.05) is 5.69 Å². The minimum absolute atomic E-state index is 0.0185. The molecule has 0 aromatic heterocycles. The average Bonchev–Trinajstić information content (AvgIpc) is 2.60. The van der Waals surface area contributed by atoms with Crippen molar-refractivity contribution in [3.05, 3.63) is 28.8 Å². The Kier molecular flexibility index (Phi) is 9.05. The summed E-state index contributed by atoms with van der Waals surface area (Å²) >= 11 is 5.25. The van der Waals surface area contributed by atoms with E-state index < -0.39 is 12.0 Å². The minimum atomic E-state index is -0.627. The number of ether oxygens (including phenoxy) is 1. The molecule has 7 heteroatoms. The number of esters is 1. The van der Waals surface area contributed by atoms with E-state index in [-0.39, 0.29) is 12.5 Å². The Labute approximate surface area is 161 Å². The summed E-state index contributed by atoms with van der Waals surface area (Å²) in [7, 11) is 1.32. The molecule has 0 saturated carbocycles. The normalized spacial score (nSPS) is 11.4. The number of anilines is 1. The molecule has 0 fully saturated rings. The fourth-order valence-corrected chi connectivity index (χ4v) is 2.65. The number of methoxy groups -OCH3 is 1. The Bertz CT molecular complexity index is 662. The van der Waals surface area contributed by atoms with E-state index in [1.165, 1.54) is 12.7 Å². The van der Waals surface area contributed by atoms with E-state index in [0.29, 0.717) is 11.5 Å². The van der Waals surface area contributed by atoms with Crippen molar-refractivity contribution in [2.45, 2.75) is 53.0 Å². The van der Waals surface area contributed by atoms with E-state index in [2.05, 4.69) is 28.9 Å². The van der Waals surface area contributed by atoms with Gasteiger partial charge in [-0.3, -0.25) is 4.79 Å². The highest BCUT2D eigenvalue weighted by Gasteiger charge is 2.20. The van der Waals surface area contributed by atoms with Crippen molar-refractivity contribution in [2.75, 3.05) is 19.0 Å². The molecule has 0 aliphatic heterocycles. The third kappa shape index (κ3) is 7.00. The predicted octanol–water partition coefficient (Wildman–Crippen LogP) is 2.75. The van der Waals surface area contributed by atoms with Gasteiger partial charge >= 0.3 is 5.97 Å². The zero-order valence-corrected chi connectivity index (χ0v) is 17.0. The number of hydrogen-bond donors (Lipinski definition) is 3. The van der Waals surface area contributed by atoms with Crippen LogP contribution in [0.4, 0.5) is 5.69 Å². The topological polar surface area (TPSA) is 79.5 Å². The fourth-order valence-electron chi connectivity index (χ4n) is 2.47. The van der Waals surface area contributed by atoms with Crippen LogP contribution in [0.3, 0.4) is 0 Å². The number of carbonyl (C=O) groups is 2. The average molecular weight is 380 g/mol. The van der Waals surface area contributed by atoms with Crippen molar-refractivity contribution in [1.82, 2.24) is 10.6 Å². The van der Waals surface area contributed by atoms with Crippen molar-refractivity contribution in [1.29, 1.82) is 0 Å². The summed E-state index contributed by atoms with van der Waals surface area (Å²) in [4.78, 5) is 23.8. The lowest BCUT2D eigenvalue weighted by Crippen LogP contribution is -2.46. The summed E-state index contributed by atoms with van der Waals surface area (Å²) < 4.78 is 4.74. The number of nitrogens with one attached hydrogen (secondary N) is 3. The number of hydrogen-bond acceptors (Lipinski definition) is 4. The summed E-state index contributed by atoms with van der Waals surface area (Å²) in [5, 5.41) is 9.01. The van der Waals surface area contributed by atoms with Gasteiger partial charge in [0.25, 0.3) is 0 Å². The lowest BCUT2D eigenvalue weighted by molar-refractivity contribution is -0.145. The predicted molar refractivity (Wildman–Crippen MR) is 108 cm³/mol. The second-order valence-electron chi connectivity index (χ2n) is 6.34.